The summed E-state index contributed by atoms with van der Waals surface area (Å²) in [7, 11) is 0. The quantitative estimate of drug-likeness (QED) is 0.523. The van der Waals surface area contributed by atoms with Crippen LogP contribution in [0.15, 0.2) is 53.7 Å². The molecule has 0 atom stereocenters. The second kappa shape index (κ2) is 7.66. The van der Waals surface area contributed by atoms with E-state index in [2.05, 4.69) is 15.3 Å². The third kappa shape index (κ3) is 3.61. The van der Waals surface area contributed by atoms with Crippen molar-refractivity contribution in [1.82, 2.24) is 19.9 Å². The summed E-state index contributed by atoms with van der Waals surface area (Å²) in [5, 5.41) is 4.91. The van der Waals surface area contributed by atoms with Crippen molar-refractivity contribution in [3.63, 3.8) is 0 Å². The molecule has 0 aliphatic rings. The highest BCUT2D eigenvalue weighted by Crippen LogP contribution is 2.24. The molecule has 2 N–H and O–H groups in total. The van der Waals surface area contributed by atoms with Crippen LogP contribution in [0.25, 0.3) is 21.8 Å². The van der Waals surface area contributed by atoms with Crippen molar-refractivity contribution in [2.75, 3.05) is 6.54 Å². The highest BCUT2D eigenvalue weighted by molar-refractivity contribution is 6.38. The van der Waals surface area contributed by atoms with Gasteiger partial charge in [-0.15, -0.1) is 0 Å². The van der Waals surface area contributed by atoms with Crippen molar-refractivity contribution in [2.45, 2.75) is 13.0 Å². The molecule has 6 nitrogen and oxygen atoms in total. The molecule has 142 valence electrons. The molecule has 0 saturated heterocycles. The van der Waals surface area contributed by atoms with Crippen LogP contribution < -0.4 is 10.9 Å². The maximum absolute atomic E-state index is 12.6. The lowest BCUT2D eigenvalue weighted by atomic mass is 10.1. The highest BCUT2D eigenvalue weighted by atomic mass is 35.5. The largest absolute Gasteiger partial charge is 0.361 e. The van der Waals surface area contributed by atoms with E-state index in [1.165, 1.54) is 23.0 Å². The molecule has 0 radical (unpaired) electrons. The maximum atomic E-state index is 12.6. The average molecular weight is 415 g/mol. The number of carbonyl (C=O) groups excluding carboxylic acids is 1. The Morgan fingerprint density at radius 1 is 1.18 bits per heavy atom. The first-order valence-corrected chi connectivity index (χ1v) is 9.44. The highest BCUT2D eigenvalue weighted by Gasteiger charge is 2.11. The summed E-state index contributed by atoms with van der Waals surface area (Å²) in [5.41, 5.74) is 2.20. The molecule has 2 heterocycles. The summed E-state index contributed by atoms with van der Waals surface area (Å²) in [4.78, 5) is 32.3. The normalized spacial score (nSPS) is 11.2. The number of hydrogen-bond acceptors (Lipinski definition) is 3. The number of nitrogens with one attached hydrogen (secondary N) is 2. The Hall–Kier alpha value is -2.83. The van der Waals surface area contributed by atoms with E-state index in [1.54, 1.807) is 0 Å². The third-order valence-electron chi connectivity index (χ3n) is 4.55. The van der Waals surface area contributed by atoms with Crippen molar-refractivity contribution in [3.8, 4) is 0 Å². The SMILES string of the molecule is O=C(Cn1cnc2c(Cl)cc(Cl)cc2c1=O)NCCc1c[nH]c2ccccc12. The number of fused-ring (bicyclic) bond motifs is 2. The Bertz CT molecular complexity index is 1250. The molecule has 0 aliphatic carbocycles. The van der Waals surface area contributed by atoms with E-state index in [-0.39, 0.29) is 23.4 Å². The van der Waals surface area contributed by atoms with Crippen molar-refractivity contribution in [1.29, 1.82) is 0 Å². The Balaban J connectivity index is 1.44. The van der Waals surface area contributed by atoms with Crippen molar-refractivity contribution < 1.29 is 4.79 Å². The number of carbonyl (C=O) groups is 1. The van der Waals surface area contributed by atoms with E-state index in [9.17, 15) is 9.59 Å². The molecule has 8 heteroatoms. The van der Waals surface area contributed by atoms with E-state index in [1.807, 2.05) is 30.5 Å². The van der Waals surface area contributed by atoms with E-state index < -0.39 is 0 Å². The fourth-order valence-electron chi connectivity index (χ4n) is 3.19. The molecule has 0 aliphatic heterocycles. The predicted molar refractivity (Wildman–Crippen MR) is 111 cm³/mol. The smallest absolute Gasteiger partial charge is 0.261 e. The van der Waals surface area contributed by atoms with Gasteiger partial charge in [0.05, 0.1) is 22.3 Å². The molecular formula is C20H16Cl2N4O2. The summed E-state index contributed by atoms with van der Waals surface area (Å²) >= 11 is 12.0. The van der Waals surface area contributed by atoms with E-state index in [0.29, 0.717) is 28.5 Å². The van der Waals surface area contributed by atoms with Gasteiger partial charge in [-0.2, -0.15) is 0 Å². The van der Waals surface area contributed by atoms with Gasteiger partial charge in [-0.3, -0.25) is 14.2 Å². The Morgan fingerprint density at radius 2 is 2.00 bits per heavy atom. The predicted octanol–water partition coefficient (Wildman–Crippen LogP) is 3.54. The standard InChI is InChI=1S/C20H16Cl2N4O2/c21-13-7-15-19(16(22)8-13)25-11-26(20(15)28)10-18(27)23-6-5-12-9-24-17-4-2-1-3-14(12)17/h1-4,7-9,11,24H,5-6,10H2,(H,23,27). The molecule has 0 bridgehead atoms. The molecule has 0 unspecified atom stereocenters. The zero-order valence-electron chi connectivity index (χ0n) is 14.7. The maximum Gasteiger partial charge on any atom is 0.261 e. The van der Waals surface area contributed by atoms with Gasteiger partial charge >= 0.3 is 0 Å². The minimum Gasteiger partial charge on any atom is -0.361 e. The summed E-state index contributed by atoms with van der Waals surface area (Å²) in [5.74, 6) is -0.267. The summed E-state index contributed by atoms with van der Waals surface area (Å²) in [6.07, 6.45) is 3.96. The number of nitrogens with zero attached hydrogens (tertiary/aromatic N) is 2. The minimum atomic E-state index is -0.360. The van der Waals surface area contributed by atoms with Crippen molar-refractivity contribution >= 4 is 50.9 Å². The first-order chi connectivity index (χ1) is 13.5. The van der Waals surface area contributed by atoms with Crippen LogP contribution in [-0.4, -0.2) is 27.0 Å². The number of hydrogen-bond donors (Lipinski definition) is 2. The number of amides is 1. The van der Waals surface area contributed by atoms with Gasteiger partial charge < -0.3 is 10.3 Å². The van der Waals surface area contributed by atoms with Gasteiger partial charge in [0, 0.05) is 28.7 Å². The monoisotopic (exact) mass is 414 g/mol. The Morgan fingerprint density at radius 3 is 2.86 bits per heavy atom. The number of aromatic amines is 1. The van der Waals surface area contributed by atoms with Crippen LogP contribution >= 0.6 is 23.2 Å². The molecule has 0 spiro atoms. The zero-order chi connectivity index (χ0) is 19.7. The first kappa shape index (κ1) is 18.5. The second-order valence-corrected chi connectivity index (χ2v) is 7.26. The van der Waals surface area contributed by atoms with E-state index >= 15 is 0 Å². The molecule has 2 aromatic heterocycles. The summed E-state index contributed by atoms with van der Waals surface area (Å²) in [6.45, 7) is 0.341. The molecule has 0 saturated carbocycles. The lowest BCUT2D eigenvalue weighted by molar-refractivity contribution is -0.121. The topological polar surface area (TPSA) is 79.8 Å². The van der Waals surface area contributed by atoms with E-state index in [4.69, 9.17) is 23.2 Å². The van der Waals surface area contributed by atoms with Gasteiger partial charge in [0.1, 0.15) is 6.54 Å². The number of para-hydroxylation sites is 1. The zero-order valence-corrected chi connectivity index (χ0v) is 16.2. The van der Waals surface area contributed by atoms with Crippen LogP contribution in [0, 0.1) is 0 Å². The van der Waals surface area contributed by atoms with Crippen LogP contribution in [0.2, 0.25) is 10.0 Å². The van der Waals surface area contributed by atoms with Crippen LogP contribution in [0.1, 0.15) is 5.56 Å². The second-order valence-electron chi connectivity index (χ2n) is 6.42. The van der Waals surface area contributed by atoms with Gasteiger partial charge in [-0.05, 0) is 30.2 Å². The molecule has 4 aromatic rings. The lowest BCUT2D eigenvalue weighted by Crippen LogP contribution is -2.33. The molecule has 0 fully saturated rings. The molecule has 4 rings (SSSR count). The summed E-state index contributed by atoms with van der Waals surface area (Å²) < 4.78 is 1.25. The number of rotatable bonds is 5. The number of benzene rings is 2. The van der Waals surface area contributed by atoms with Crippen LogP contribution in [-0.2, 0) is 17.8 Å². The van der Waals surface area contributed by atoms with Crippen LogP contribution in [0.3, 0.4) is 0 Å². The Kier molecular flexibility index (Phi) is 5.07. The first-order valence-electron chi connectivity index (χ1n) is 8.69. The van der Waals surface area contributed by atoms with Crippen molar-refractivity contribution in [3.05, 3.63) is 74.9 Å². The summed E-state index contributed by atoms with van der Waals surface area (Å²) in [6, 6.07) is 11.0. The Labute approximate surface area is 170 Å². The van der Waals surface area contributed by atoms with Gasteiger partial charge in [0.15, 0.2) is 0 Å². The molecular weight excluding hydrogens is 399 g/mol. The van der Waals surface area contributed by atoms with Crippen LogP contribution in [0.4, 0.5) is 0 Å². The van der Waals surface area contributed by atoms with Gasteiger partial charge in [0.25, 0.3) is 5.56 Å². The fraction of sp³-hybridized carbons (Fsp3) is 0.150. The van der Waals surface area contributed by atoms with Gasteiger partial charge in [-0.1, -0.05) is 41.4 Å². The fourth-order valence-corrected chi connectivity index (χ4v) is 3.74. The molecule has 1 amide bonds. The van der Waals surface area contributed by atoms with Crippen molar-refractivity contribution in [2.24, 2.45) is 0 Å². The van der Waals surface area contributed by atoms with E-state index in [0.717, 1.165) is 16.5 Å². The van der Waals surface area contributed by atoms with Gasteiger partial charge in [-0.25, -0.2) is 4.98 Å². The number of aromatic nitrogens is 3. The average Bonchev–Trinajstić information content (AvgIpc) is 3.08. The van der Waals surface area contributed by atoms with Crippen LogP contribution in [0.5, 0.6) is 0 Å². The lowest BCUT2D eigenvalue weighted by Gasteiger charge is -2.08. The number of halogens is 2. The molecule has 2 aromatic carbocycles. The minimum absolute atomic E-state index is 0.125. The van der Waals surface area contributed by atoms with Gasteiger partial charge in [0.2, 0.25) is 5.91 Å². The molecule has 28 heavy (non-hydrogen) atoms. The third-order valence-corrected chi connectivity index (χ3v) is 5.06. The number of H-pyrrole nitrogens is 1.